The maximum atomic E-state index is 13.5. The van der Waals surface area contributed by atoms with E-state index in [9.17, 15) is 13.6 Å². The Morgan fingerprint density at radius 1 is 1.20 bits per heavy atom. The molecule has 0 bridgehead atoms. The molecule has 0 radical (unpaired) electrons. The Hall–Kier alpha value is -2.87. The molecule has 0 spiro atoms. The number of aromatic nitrogens is 1. The van der Waals surface area contributed by atoms with Crippen LogP contribution in [0.5, 0.6) is 0 Å². The Labute approximate surface area is 146 Å². The van der Waals surface area contributed by atoms with Crippen LogP contribution in [0.2, 0.25) is 0 Å². The average Bonchev–Trinajstić information content (AvgIpc) is 2.99. The third kappa shape index (κ3) is 3.97. The summed E-state index contributed by atoms with van der Waals surface area (Å²) in [4.78, 5) is 16.4. The van der Waals surface area contributed by atoms with Gasteiger partial charge >= 0.3 is 0 Å². The zero-order chi connectivity index (χ0) is 17.8. The molecule has 0 saturated carbocycles. The standard InChI is InChI=1S/C17H14F2N4OS/c1-10(21-17-22-14-7-2-3-8-15(14)25-17)16(24)23-20-9-11-12(18)5-4-6-13(11)19/h2-10H,1H3,(H,21,22)(H,23,24)/b20-9-/t10-/m1/s1. The van der Waals surface area contributed by atoms with Crippen molar-refractivity contribution in [1.82, 2.24) is 10.4 Å². The number of para-hydroxylation sites is 1. The van der Waals surface area contributed by atoms with Crippen LogP contribution in [0, 0.1) is 11.6 Å². The highest BCUT2D eigenvalue weighted by Gasteiger charge is 2.14. The van der Waals surface area contributed by atoms with Gasteiger partial charge in [-0.05, 0) is 31.2 Å². The van der Waals surface area contributed by atoms with Gasteiger partial charge in [-0.15, -0.1) is 0 Å². The van der Waals surface area contributed by atoms with E-state index in [0.717, 1.165) is 28.6 Å². The highest BCUT2D eigenvalue weighted by molar-refractivity contribution is 7.22. The first-order valence-corrected chi connectivity index (χ1v) is 8.25. The SMILES string of the molecule is C[C@@H](Nc1nc2ccccc2s1)C(=O)N/N=C\c1c(F)cccc1F. The summed E-state index contributed by atoms with van der Waals surface area (Å²) in [5.41, 5.74) is 2.78. The summed E-state index contributed by atoms with van der Waals surface area (Å²) >= 11 is 1.43. The highest BCUT2D eigenvalue weighted by atomic mass is 32.1. The normalized spacial score (nSPS) is 12.4. The van der Waals surface area contributed by atoms with Gasteiger partial charge in [0.1, 0.15) is 17.7 Å². The van der Waals surface area contributed by atoms with Crippen molar-refractivity contribution in [3.8, 4) is 0 Å². The summed E-state index contributed by atoms with van der Waals surface area (Å²) in [6, 6.07) is 10.5. The summed E-state index contributed by atoms with van der Waals surface area (Å²) in [7, 11) is 0. The molecule has 3 aromatic rings. The molecule has 2 aromatic carbocycles. The van der Waals surface area contributed by atoms with Gasteiger partial charge in [-0.1, -0.05) is 29.5 Å². The van der Waals surface area contributed by atoms with Crippen LogP contribution in [0.25, 0.3) is 10.2 Å². The van der Waals surface area contributed by atoms with Gasteiger partial charge in [0.25, 0.3) is 5.91 Å². The Kier molecular flexibility index (Phi) is 4.99. The van der Waals surface area contributed by atoms with Crippen molar-refractivity contribution in [2.45, 2.75) is 13.0 Å². The number of anilines is 1. The number of hydrogen-bond donors (Lipinski definition) is 2. The number of amides is 1. The molecule has 1 amide bonds. The minimum absolute atomic E-state index is 0.311. The number of hydrogen-bond acceptors (Lipinski definition) is 5. The van der Waals surface area contributed by atoms with E-state index in [-0.39, 0.29) is 5.56 Å². The van der Waals surface area contributed by atoms with E-state index < -0.39 is 23.6 Å². The number of nitrogens with one attached hydrogen (secondary N) is 2. The van der Waals surface area contributed by atoms with Crippen molar-refractivity contribution in [3.63, 3.8) is 0 Å². The molecule has 0 aliphatic heterocycles. The Morgan fingerprint density at radius 3 is 2.64 bits per heavy atom. The molecule has 0 aliphatic carbocycles. The van der Waals surface area contributed by atoms with Crippen LogP contribution in [0.3, 0.4) is 0 Å². The monoisotopic (exact) mass is 360 g/mol. The molecule has 8 heteroatoms. The number of hydrazone groups is 1. The first-order chi connectivity index (χ1) is 12.0. The van der Waals surface area contributed by atoms with Gasteiger partial charge < -0.3 is 5.32 Å². The van der Waals surface area contributed by atoms with Gasteiger partial charge in [0.15, 0.2) is 5.13 Å². The molecule has 0 aliphatic rings. The molecular weight excluding hydrogens is 346 g/mol. The van der Waals surface area contributed by atoms with Crippen molar-refractivity contribution in [3.05, 3.63) is 59.7 Å². The molecule has 5 nitrogen and oxygen atoms in total. The van der Waals surface area contributed by atoms with Crippen LogP contribution in [0.4, 0.5) is 13.9 Å². The van der Waals surface area contributed by atoms with Crippen LogP contribution in [-0.2, 0) is 4.79 Å². The molecule has 128 valence electrons. The van der Waals surface area contributed by atoms with Gasteiger partial charge in [-0.3, -0.25) is 4.79 Å². The first kappa shape index (κ1) is 17.0. The van der Waals surface area contributed by atoms with Crippen LogP contribution >= 0.6 is 11.3 Å². The number of carbonyl (C=O) groups is 1. The van der Waals surface area contributed by atoms with Crippen LogP contribution < -0.4 is 10.7 Å². The summed E-state index contributed by atoms with van der Waals surface area (Å²) in [6.45, 7) is 1.64. The Morgan fingerprint density at radius 2 is 1.92 bits per heavy atom. The zero-order valence-corrected chi connectivity index (χ0v) is 14.0. The Bertz CT molecular complexity index is 888. The number of benzene rings is 2. The molecular formula is C17H14F2N4OS. The maximum absolute atomic E-state index is 13.5. The van der Waals surface area contributed by atoms with Gasteiger partial charge in [-0.2, -0.15) is 5.10 Å². The van der Waals surface area contributed by atoms with Gasteiger partial charge in [-0.25, -0.2) is 19.2 Å². The van der Waals surface area contributed by atoms with Crippen molar-refractivity contribution in [1.29, 1.82) is 0 Å². The molecule has 25 heavy (non-hydrogen) atoms. The summed E-state index contributed by atoms with van der Waals surface area (Å²) in [5, 5.41) is 7.19. The van der Waals surface area contributed by atoms with E-state index in [2.05, 4.69) is 20.8 Å². The zero-order valence-electron chi connectivity index (χ0n) is 13.2. The predicted octanol–water partition coefficient (Wildman–Crippen LogP) is 3.53. The smallest absolute Gasteiger partial charge is 0.262 e. The molecule has 1 heterocycles. The van der Waals surface area contributed by atoms with Crippen molar-refractivity contribution in [2.75, 3.05) is 5.32 Å². The fraction of sp³-hybridized carbons (Fsp3) is 0.118. The number of halogens is 2. The van der Waals surface area contributed by atoms with E-state index in [4.69, 9.17) is 0 Å². The van der Waals surface area contributed by atoms with Gasteiger partial charge in [0.2, 0.25) is 0 Å². The molecule has 0 fully saturated rings. The second kappa shape index (κ2) is 7.35. The van der Waals surface area contributed by atoms with E-state index in [0.29, 0.717) is 5.13 Å². The lowest BCUT2D eigenvalue weighted by Crippen LogP contribution is -2.34. The number of fused-ring (bicyclic) bond motifs is 1. The predicted molar refractivity (Wildman–Crippen MR) is 94.8 cm³/mol. The van der Waals surface area contributed by atoms with Crippen LogP contribution in [0.15, 0.2) is 47.6 Å². The highest BCUT2D eigenvalue weighted by Crippen LogP contribution is 2.25. The number of rotatable bonds is 5. The number of nitrogens with zero attached hydrogens (tertiary/aromatic N) is 2. The number of thiazole rings is 1. The molecule has 1 aromatic heterocycles. The largest absolute Gasteiger partial charge is 0.350 e. The van der Waals surface area contributed by atoms with E-state index in [1.54, 1.807) is 6.92 Å². The topological polar surface area (TPSA) is 66.4 Å². The van der Waals surface area contributed by atoms with E-state index in [1.165, 1.54) is 17.4 Å². The lowest BCUT2D eigenvalue weighted by atomic mass is 10.2. The second-order valence-electron chi connectivity index (χ2n) is 5.22. The lowest BCUT2D eigenvalue weighted by Gasteiger charge is -2.10. The van der Waals surface area contributed by atoms with Crippen molar-refractivity contribution >= 4 is 38.8 Å². The third-order valence-electron chi connectivity index (χ3n) is 3.40. The molecule has 2 N–H and O–H groups in total. The van der Waals surface area contributed by atoms with E-state index >= 15 is 0 Å². The fourth-order valence-corrected chi connectivity index (χ4v) is 3.03. The molecule has 0 saturated heterocycles. The quantitative estimate of drug-likeness (QED) is 0.540. The van der Waals surface area contributed by atoms with Crippen LogP contribution in [0.1, 0.15) is 12.5 Å². The maximum Gasteiger partial charge on any atom is 0.262 e. The van der Waals surface area contributed by atoms with Gasteiger partial charge in [0.05, 0.1) is 22.0 Å². The van der Waals surface area contributed by atoms with Crippen molar-refractivity contribution < 1.29 is 13.6 Å². The minimum atomic E-state index is -0.751. The Balaban J connectivity index is 1.61. The van der Waals surface area contributed by atoms with Crippen LogP contribution in [-0.4, -0.2) is 23.1 Å². The molecule has 0 unspecified atom stereocenters. The summed E-state index contributed by atoms with van der Waals surface area (Å²) in [5.74, 6) is -1.95. The summed E-state index contributed by atoms with van der Waals surface area (Å²) in [6.07, 6.45) is 0.937. The average molecular weight is 360 g/mol. The number of carbonyl (C=O) groups excluding carboxylic acids is 1. The molecule has 3 rings (SSSR count). The fourth-order valence-electron chi connectivity index (χ4n) is 2.08. The van der Waals surface area contributed by atoms with Crippen molar-refractivity contribution in [2.24, 2.45) is 5.10 Å². The molecule has 1 atom stereocenters. The van der Waals surface area contributed by atoms with E-state index in [1.807, 2.05) is 24.3 Å². The lowest BCUT2D eigenvalue weighted by molar-refractivity contribution is -0.121. The minimum Gasteiger partial charge on any atom is -0.350 e. The summed E-state index contributed by atoms with van der Waals surface area (Å²) < 4.78 is 27.9. The third-order valence-corrected chi connectivity index (χ3v) is 4.36. The van der Waals surface area contributed by atoms with Gasteiger partial charge in [0, 0.05) is 0 Å². The second-order valence-corrected chi connectivity index (χ2v) is 6.25. The first-order valence-electron chi connectivity index (χ1n) is 7.43.